The van der Waals surface area contributed by atoms with E-state index in [0.29, 0.717) is 16.9 Å². The summed E-state index contributed by atoms with van der Waals surface area (Å²) in [6, 6.07) is 9.78. The highest BCUT2D eigenvalue weighted by molar-refractivity contribution is 9.10. The number of rotatable bonds is 5. The van der Waals surface area contributed by atoms with Gasteiger partial charge in [-0.1, -0.05) is 15.9 Å². The highest BCUT2D eigenvalue weighted by Gasteiger charge is 2.17. The van der Waals surface area contributed by atoms with Crippen molar-refractivity contribution >= 4 is 33.4 Å². The number of nitrogen functional groups attached to an aromatic ring is 1. The molecule has 0 bridgehead atoms. The van der Waals surface area contributed by atoms with Crippen molar-refractivity contribution in [2.24, 2.45) is 0 Å². The van der Waals surface area contributed by atoms with Gasteiger partial charge in [0.05, 0.1) is 7.11 Å². The number of methoxy groups -OCH3 is 1. The van der Waals surface area contributed by atoms with Gasteiger partial charge in [-0.25, -0.2) is 0 Å². The van der Waals surface area contributed by atoms with Gasteiger partial charge in [-0.3, -0.25) is 4.79 Å². The van der Waals surface area contributed by atoms with Gasteiger partial charge in [-0.2, -0.15) is 0 Å². The van der Waals surface area contributed by atoms with Crippen molar-refractivity contribution in [2.45, 2.75) is 6.42 Å². The second-order valence-electron chi connectivity index (χ2n) is 4.63. The Bertz CT molecular complexity index is 726. The van der Waals surface area contributed by atoms with E-state index in [-0.39, 0.29) is 23.5 Å². The minimum Gasteiger partial charge on any atom is -0.550 e. The number of carbonyl (C=O) groups is 2. The van der Waals surface area contributed by atoms with Crippen LogP contribution in [-0.2, 0) is 11.2 Å². The van der Waals surface area contributed by atoms with Crippen LogP contribution in [0.25, 0.3) is 0 Å². The average Bonchev–Trinajstić information content (AvgIpc) is 2.49. The third kappa shape index (κ3) is 3.46. The summed E-state index contributed by atoms with van der Waals surface area (Å²) in [4.78, 5) is 23.4. The molecule has 0 aromatic heterocycles. The average molecular weight is 363 g/mol. The van der Waals surface area contributed by atoms with Crippen molar-refractivity contribution in [2.75, 3.05) is 12.8 Å². The fourth-order valence-electron chi connectivity index (χ4n) is 2.05. The lowest BCUT2D eigenvalue weighted by Gasteiger charge is -2.13. The van der Waals surface area contributed by atoms with Crippen molar-refractivity contribution < 1.29 is 19.4 Å². The predicted molar refractivity (Wildman–Crippen MR) is 83.7 cm³/mol. The molecule has 0 radical (unpaired) electrons. The van der Waals surface area contributed by atoms with E-state index in [1.807, 2.05) is 0 Å². The molecule has 22 heavy (non-hydrogen) atoms. The monoisotopic (exact) mass is 362 g/mol. The van der Waals surface area contributed by atoms with Crippen molar-refractivity contribution in [1.29, 1.82) is 0 Å². The summed E-state index contributed by atoms with van der Waals surface area (Å²) in [5, 5.41) is 10.8. The molecule has 0 aliphatic rings. The molecule has 2 aromatic rings. The predicted octanol–water partition coefficient (Wildman–Crippen LogP) is 1.56. The maximum Gasteiger partial charge on any atom is 0.195 e. The molecule has 114 valence electrons. The zero-order valence-electron chi connectivity index (χ0n) is 11.8. The van der Waals surface area contributed by atoms with Gasteiger partial charge in [0.25, 0.3) is 0 Å². The molecule has 0 spiro atoms. The van der Waals surface area contributed by atoms with Gasteiger partial charge in [0.2, 0.25) is 0 Å². The van der Waals surface area contributed by atoms with Gasteiger partial charge in [0, 0.05) is 33.7 Å². The maximum absolute atomic E-state index is 12.6. The van der Waals surface area contributed by atoms with E-state index in [9.17, 15) is 14.7 Å². The van der Waals surface area contributed by atoms with Crippen LogP contribution < -0.4 is 15.6 Å². The highest BCUT2D eigenvalue weighted by atomic mass is 79.9. The number of benzene rings is 2. The van der Waals surface area contributed by atoms with Gasteiger partial charge in [0.15, 0.2) is 5.78 Å². The molecule has 0 aliphatic heterocycles. The third-order valence-corrected chi connectivity index (χ3v) is 3.69. The number of carbonyl (C=O) groups excluding carboxylic acids is 2. The number of nitrogens with two attached hydrogens (primary N) is 1. The summed E-state index contributed by atoms with van der Waals surface area (Å²) in [5.41, 5.74) is 7.01. The number of ether oxygens (including phenoxy) is 1. The lowest BCUT2D eigenvalue weighted by atomic mass is 9.97. The zero-order valence-corrected chi connectivity index (χ0v) is 13.3. The smallest absolute Gasteiger partial charge is 0.195 e. The Morgan fingerprint density at radius 3 is 2.41 bits per heavy atom. The quantitative estimate of drug-likeness (QED) is 0.643. The minimum absolute atomic E-state index is 0.123. The molecule has 0 saturated heterocycles. The van der Waals surface area contributed by atoms with Gasteiger partial charge >= 0.3 is 0 Å². The van der Waals surface area contributed by atoms with Crippen LogP contribution in [-0.4, -0.2) is 18.9 Å². The largest absolute Gasteiger partial charge is 0.550 e. The molecule has 0 heterocycles. The van der Waals surface area contributed by atoms with E-state index in [1.54, 1.807) is 24.3 Å². The molecule has 0 saturated carbocycles. The first kappa shape index (κ1) is 16.0. The number of aliphatic carboxylic acids is 1. The summed E-state index contributed by atoms with van der Waals surface area (Å²) < 4.78 is 5.96. The summed E-state index contributed by atoms with van der Waals surface area (Å²) in [7, 11) is 1.43. The second kappa shape index (κ2) is 6.62. The Morgan fingerprint density at radius 2 is 1.86 bits per heavy atom. The van der Waals surface area contributed by atoms with Gasteiger partial charge in [-0.05, 0) is 42.0 Å². The summed E-state index contributed by atoms with van der Waals surface area (Å²) in [5.74, 6) is -1.21. The van der Waals surface area contributed by atoms with Crippen LogP contribution in [0.5, 0.6) is 5.75 Å². The normalized spacial score (nSPS) is 10.3. The first-order valence-electron chi connectivity index (χ1n) is 6.39. The van der Waals surface area contributed by atoms with Crippen molar-refractivity contribution in [3.05, 3.63) is 57.6 Å². The highest BCUT2D eigenvalue weighted by Crippen LogP contribution is 2.27. The molecule has 5 nitrogen and oxygen atoms in total. The summed E-state index contributed by atoms with van der Waals surface area (Å²) in [6.07, 6.45) is -0.385. The van der Waals surface area contributed by atoms with Gasteiger partial charge < -0.3 is 20.4 Å². The molecule has 0 aliphatic carbocycles. The van der Waals surface area contributed by atoms with E-state index in [1.165, 1.54) is 19.2 Å². The van der Waals surface area contributed by atoms with E-state index in [0.717, 1.165) is 4.47 Å². The lowest BCUT2D eigenvalue weighted by molar-refractivity contribution is -0.304. The molecule has 2 rings (SSSR count). The van der Waals surface area contributed by atoms with Crippen molar-refractivity contribution in [3.63, 3.8) is 0 Å². The molecule has 0 amide bonds. The first-order chi connectivity index (χ1) is 10.4. The number of carboxylic acid groups (broad SMARTS) is 1. The number of anilines is 1. The van der Waals surface area contributed by atoms with Crippen LogP contribution in [0.4, 0.5) is 5.69 Å². The Morgan fingerprint density at radius 1 is 1.23 bits per heavy atom. The molecule has 0 fully saturated rings. The van der Waals surface area contributed by atoms with Crippen LogP contribution in [0.2, 0.25) is 0 Å². The van der Waals surface area contributed by atoms with Crippen molar-refractivity contribution in [1.82, 2.24) is 0 Å². The van der Waals surface area contributed by atoms with E-state index in [4.69, 9.17) is 10.5 Å². The van der Waals surface area contributed by atoms with E-state index >= 15 is 0 Å². The molecule has 0 unspecified atom stereocenters. The number of hydrogen-bond donors (Lipinski definition) is 1. The van der Waals surface area contributed by atoms with Crippen LogP contribution in [0.15, 0.2) is 40.9 Å². The summed E-state index contributed by atoms with van der Waals surface area (Å²) in [6.45, 7) is 0. The first-order valence-corrected chi connectivity index (χ1v) is 7.18. The second-order valence-corrected chi connectivity index (χ2v) is 5.55. The minimum atomic E-state index is -1.28. The molecular weight excluding hydrogens is 350 g/mol. The standard InChI is InChI=1S/C16H14BrNO4/c1-22-12-6-10(7-14(19)20)15(18)13(8-12)16(21)9-2-4-11(17)5-3-9/h2-6,8H,7,18H2,1H3,(H,19,20)/p-1. The van der Waals surface area contributed by atoms with Gasteiger partial charge in [-0.15, -0.1) is 0 Å². The van der Waals surface area contributed by atoms with E-state index in [2.05, 4.69) is 15.9 Å². The van der Waals surface area contributed by atoms with Crippen LogP contribution >= 0.6 is 15.9 Å². The van der Waals surface area contributed by atoms with Crippen molar-refractivity contribution in [3.8, 4) is 5.75 Å². The Balaban J connectivity index is 2.51. The number of carboxylic acids is 1. The SMILES string of the molecule is COc1cc(CC(=O)[O-])c(N)c(C(=O)c2ccc(Br)cc2)c1. The zero-order chi connectivity index (χ0) is 16.3. The lowest BCUT2D eigenvalue weighted by Crippen LogP contribution is -2.25. The fraction of sp³-hybridized carbons (Fsp3) is 0.125. The molecule has 2 aromatic carbocycles. The van der Waals surface area contributed by atoms with Crippen LogP contribution in [0, 0.1) is 0 Å². The fourth-order valence-corrected chi connectivity index (χ4v) is 2.31. The van der Waals surface area contributed by atoms with Crippen LogP contribution in [0.3, 0.4) is 0 Å². The Labute approximate surface area is 135 Å². The Hall–Kier alpha value is -2.34. The summed E-state index contributed by atoms with van der Waals surface area (Å²) >= 11 is 3.30. The number of hydrogen-bond acceptors (Lipinski definition) is 5. The molecular formula is C16H13BrNO4-. The Kier molecular flexibility index (Phi) is 4.82. The number of halogens is 1. The third-order valence-electron chi connectivity index (χ3n) is 3.16. The van der Waals surface area contributed by atoms with E-state index < -0.39 is 5.97 Å². The van der Waals surface area contributed by atoms with Gasteiger partial charge in [0.1, 0.15) is 5.75 Å². The maximum atomic E-state index is 12.6. The molecule has 6 heteroatoms. The number of ketones is 1. The topological polar surface area (TPSA) is 92.4 Å². The molecule has 0 atom stereocenters. The molecule has 2 N–H and O–H groups in total. The van der Waals surface area contributed by atoms with Crippen LogP contribution in [0.1, 0.15) is 21.5 Å².